The number of ether oxygens (including phenoxy) is 1. The number of hydrogen-bond acceptors (Lipinski definition) is 5. The van der Waals surface area contributed by atoms with Gasteiger partial charge in [-0.1, -0.05) is 0 Å². The third kappa shape index (κ3) is 6.75. The quantitative estimate of drug-likeness (QED) is 0.414. The summed E-state index contributed by atoms with van der Waals surface area (Å²) in [5, 5.41) is 16.3. The molecule has 0 rings (SSSR count). The zero-order valence-corrected chi connectivity index (χ0v) is 11.8. The summed E-state index contributed by atoms with van der Waals surface area (Å²) in [5.74, 6) is 0. The minimum Gasteiger partial charge on any atom is -0.383 e. The summed E-state index contributed by atoms with van der Waals surface area (Å²) >= 11 is 0. The van der Waals surface area contributed by atoms with Gasteiger partial charge in [0.25, 0.3) is 0 Å². The lowest BCUT2D eigenvalue weighted by atomic mass is 10.2. The molecule has 3 atom stereocenters. The minimum atomic E-state index is -0.564. The van der Waals surface area contributed by atoms with Crippen LogP contribution in [0.15, 0.2) is 11.6 Å². The first-order chi connectivity index (χ1) is 7.92. The van der Waals surface area contributed by atoms with Gasteiger partial charge in [-0.25, -0.2) is 0 Å². The van der Waals surface area contributed by atoms with E-state index in [2.05, 4.69) is 17.6 Å². The van der Waals surface area contributed by atoms with Gasteiger partial charge >= 0.3 is 0 Å². The minimum absolute atomic E-state index is 0.0368. The molecular formula is C12H27N3O2. The van der Waals surface area contributed by atoms with Crippen molar-refractivity contribution in [2.24, 2.45) is 0 Å². The second-order valence-electron chi connectivity index (χ2n) is 4.53. The predicted molar refractivity (Wildman–Crippen MR) is 70.8 cm³/mol. The SMILES string of the molecule is CNC(N[C@H](C)COC)/C(C)=C/C(O)N(C)C. The molecule has 0 saturated carbocycles. The Morgan fingerprint density at radius 2 is 2.06 bits per heavy atom. The summed E-state index contributed by atoms with van der Waals surface area (Å²) in [7, 11) is 7.25. The highest BCUT2D eigenvalue weighted by atomic mass is 16.5. The molecule has 102 valence electrons. The topological polar surface area (TPSA) is 56.8 Å². The Bertz CT molecular complexity index is 232. The zero-order chi connectivity index (χ0) is 13.4. The molecule has 0 aromatic rings. The molecule has 0 fully saturated rings. The van der Waals surface area contributed by atoms with Gasteiger partial charge in [-0.2, -0.15) is 0 Å². The average Bonchev–Trinajstić information content (AvgIpc) is 2.25. The van der Waals surface area contributed by atoms with Crippen LogP contribution in [0.25, 0.3) is 0 Å². The number of hydrogen-bond donors (Lipinski definition) is 3. The summed E-state index contributed by atoms with van der Waals surface area (Å²) in [6.07, 6.45) is 1.30. The zero-order valence-electron chi connectivity index (χ0n) is 11.8. The number of rotatable bonds is 8. The van der Waals surface area contributed by atoms with Crippen LogP contribution in [0.2, 0.25) is 0 Å². The van der Waals surface area contributed by atoms with Crippen molar-refractivity contribution in [3.63, 3.8) is 0 Å². The molecule has 2 unspecified atom stereocenters. The van der Waals surface area contributed by atoms with Crippen molar-refractivity contribution in [1.82, 2.24) is 15.5 Å². The molecule has 3 N–H and O–H groups in total. The Balaban J connectivity index is 4.43. The summed E-state index contributed by atoms with van der Waals surface area (Å²) in [6, 6.07) is 0.247. The van der Waals surface area contributed by atoms with Crippen LogP contribution in [0.3, 0.4) is 0 Å². The molecule has 0 spiro atoms. The maximum Gasteiger partial charge on any atom is 0.126 e. The fourth-order valence-corrected chi connectivity index (χ4v) is 1.51. The standard InChI is InChI=1S/C12H27N3O2/c1-9(7-11(16)15(4)5)12(13-3)14-10(2)8-17-6/h7,10-14,16H,8H2,1-6H3/b9-7+/t10-,11?,12?/m1/s1. The van der Waals surface area contributed by atoms with Gasteiger partial charge in [0, 0.05) is 13.2 Å². The second-order valence-corrected chi connectivity index (χ2v) is 4.53. The number of aliphatic hydroxyl groups is 1. The molecule has 0 bridgehead atoms. The summed E-state index contributed by atoms with van der Waals surface area (Å²) in [6.45, 7) is 4.70. The van der Waals surface area contributed by atoms with Gasteiger partial charge in [0.15, 0.2) is 0 Å². The van der Waals surface area contributed by atoms with E-state index in [1.54, 1.807) is 12.0 Å². The van der Waals surface area contributed by atoms with E-state index in [0.717, 1.165) is 5.57 Å². The Morgan fingerprint density at radius 3 is 2.47 bits per heavy atom. The lowest BCUT2D eigenvalue weighted by molar-refractivity contribution is 0.0822. The van der Waals surface area contributed by atoms with Gasteiger partial charge in [-0.05, 0) is 46.6 Å². The number of nitrogens with one attached hydrogen (secondary N) is 2. The lowest BCUT2D eigenvalue weighted by Gasteiger charge is -2.25. The maximum absolute atomic E-state index is 9.75. The molecule has 0 aromatic carbocycles. The molecular weight excluding hydrogens is 218 g/mol. The van der Waals surface area contributed by atoms with E-state index in [1.807, 2.05) is 34.1 Å². The van der Waals surface area contributed by atoms with Crippen LogP contribution < -0.4 is 10.6 Å². The molecule has 17 heavy (non-hydrogen) atoms. The van der Waals surface area contributed by atoms with Gasteiger partial charge in [0.1, 0.15) is 6.23 Å². The van der Waals surface area contributed by atoms with E-state index in [-0.39, 0.29) is 12.2 Å². The van der Waals surface area contributed by atoms with Crippen molar-refractivity contribution in [1.29, 1.82) is 0 Å². The van der Waals surface area contributed by atoms with Gasteiger partial charge in [0.2, 0.25) is 0 Å². The maximum atomic E-state index is 9.75. The number of likely N-dealkylation sites (N-methyl/N-ethyl adjacent to an activating group) is 2. The van der Waals surface area contributed by atoms with Gasteiger partial charge < -0.3 is 15.2 Å². The summed E-state index contributed by atoms with van der Waals surface area (Å²) < 4.78 is 5.08. The van der Waals surface area contributed by atoms with E-state index < -0.39 is 6.23 Å². The monoisotopic (exact) mass is 245 g/mol. The van der Waals surface area contributed by atoms with Crippen molar-refractivity contribution >= 4 is 0 Å². The van der Waals surface area contributed by atoms with Crippen LogP contribution in [0.1, 0.15) is 13.8 Å². The van der Waals surface area contributed by atoms with Gasteiger partial charge in [-0.3, -0.25) is 10.2 Å². The molecule has 0 aliphatic rings. The highest BCUT2D eigenvalue weighted by molar-refractivity contribution is 5.09. The third-order valence-corrected chi connectivity index (χ3v) is 2.55. The van der Waals surface area contributed by atoms with Crippen molar-refractivity contribution in [3.8, 4) is 0 Å². The fourth-order valence-electron chi connectivity index (χ4n) is 1.51. The first-order valence-corrected chi connectivity index (χ1v) is 5.87. The van der Waals surface area contributed by atoms with E-state index >= 15 is 0 Å². The Hall–Kier alpha value is -0.460. The molecule has 5 heteroatoms. The van der Waals surface area contributed by atoms with Crippen molar-refractivity contribution in [2.45, 2.75) is 32.3 Å². The van der Waals surface area contributed by atoms with E-state index in [4.69, 9.17) is 4.74 Å². The molecule has 0 radical (unpaired) electrons. The largest absolute Gasteiger partial charge is 0.383 e. The molecule has 0 aliphatic carbocycles. The second kappa shape index (κ2) is 8.60. The molecule has 5 nitrogen and oxygen atoms in total. The lowest BCUT2D eigenvalue weighted by Crippen LogP contribution is -2.47. The number of nitrogens with zero attached hydrogens (tertiary/aromatic N) is 1. The van der Waals surface area contributed by atoms with Crippen molar-refractivity contribution in [3.05, 3.63) is 11.6 Å². The Labute approximate surface area is 105 Å². The predicted octanol–water partition coefficient (Wildman–Crippen LogP) is -0.0173. The van der Waals surface area contributed by atoms with E-state index in [1.165, 1.54) is 0 Å². The van der Waals surface area contributed by atoms with Crippen LogP contribution in [-0.4, -0.2) is 63.3 Å². The van der Waals surface area contributed by atoms with Gasteiger partial charge in [-0.15, -0.1) is 0 Å². The smallest absolute Gasteiger partial charge is 0.126 e. The summed E-state index contributed by atoms with van der Waals surface area (Å²) in [4.78, 5) is 1.74. The van der Waals surface area contributed by atoms with Crippen molar-refractivity contribution in [2.75, 3.05) is 34.9 Å². The normalized spacial score (nSPS) is 18.2. The van der Waals surface area contributed by atoms with Crippen LogP contribution in [0, 0.1) is 0 Å². The van der Waals surface area contributed by atoms with E-state index in [0.29, 0.717) is 6.61 Å². The molecule has 0 aromatic heterocycles. The fraction of sp³-hybridized carbons (Fsp3) is 0.833. The van der Waals surface area contributed by atoms with Crippen LogP contribution in [-0.2, 0) is 4.74 Å². The Morgan fingerprint density at radius 1 is 1.47 bits per heavy atom. The van der Waals surface area contributed by atoms with Crippen LogP contribution >= 0.6 is 0 Å². The first-order valence-electron chi connectivity index (χ1n) is 5.87. The summed E-state index contributed by atoms with van der Waals surface area (Å²) in [5.41, 5.74) is 1.05. The first kappa shape index (κ1) is 16.5. The molecule has 0 saturated heterocycles. The van der Waals surface area contributed by atoms with E-state index in [9.17, 15) is 5.11 Å². The highest BCUT2D eigenvalue weighted by Gasteiger charge is 2.13. The number of methoxy groups -OCH3 is 1. The molecule has 0 aliphatic heterocycles. The average molecular weight is 245 g/mol. The molecule has 0 heterocycles. The molecule has 0 amide bonds. The van der Waals surface area contributed by atoms with Crippen LogP contribution in [0.5, 0.6) is 0 Å². The van der Waals surface area contributed by atoms with Gasteiger partial charge in [0.05, 0.1) is 12.8 Å². The third-order valence-electron chi connectivity index (χ3n) is 2.55. The highest BCUT2D eigenvalue weighted by Crippen LogP contribution is 2.03. The number of aliphatic hydroxyl groups excluding tert-OH is 1. The Kier molecular flexibility index (Phi) is 8.37. The van der Waals surface area contributed by atoms with Crippen molar-refractivity contribution < 1.29 is 9.84 Å². The van der Waals surface area contributed by atoms with Crippen LogP contribution in [0.4, 0.5) is 0 Å².